The summed E-state index contributed by atoms with van der Waals surface area (Å²) >= 11 is 0. The molecule has 4 heterocycles. The molecule has 3 aliphatic heterocycles. The van der Waals surface area contributed by atoms with Gasteiger partial charge in [-0.2, -0.15) is 0 Å². The van der Waals surface area contributed by atoms with E-state index >= 15 is 0 Å². The van der Waals surface area contributed by atoms with Crippen molar-refractivity contribution in [2.45, 2.75) is 19.9 Å². The summed E-state index contributed by atoms with van der Waals surface area (Å²) in [5.74, 6) is -0.480. The zero-order valence-corrected chi connectivity index (χ0v) is 18.3. The maximum absolute atomic E-state index is 12.6. The van der Waals surface area contributed by atoms with Crippen molar-refractivity contribution in [3.05, 3.63) is 6.33 Å². The number of nitrogens with zero attached hydrogens (tertiary/aromatic N) is 7. The number of aromatic nitrogens is 4. The van der Waals surface area contributed by atoms with Crippen LogP contribution in [0.25, 0.3) is 0 Å². The van der Waals surface area contributed by atoms with Crippen molar-refractivity contribution in [3.8, 4) is 0 Å². The summed E-state index contributed by atoms with van der Waals surface area (Å²) in [6.07, 6.45) is 1.82. The zero-order valence-electron chi connectivity index (χ0n) is 18.3. The molecule has 0 bridgehead atoms. The predicted molar refractivity (Wildman–Crippen MR) is 109 cm³/mol. The number of ether oxygens (including phenoxy) is 1. The van der Waals surface area contributed by atoms with Crippen LogP contribution in [0.3, 0.4) is 0 Å². The number of aliphatic hydroxyl groups excluding tert-OH is 1. The van der Waals surface area contributed by atoms with Gasteiger partial charge in [0.15, 0.2) is 0 Å². The Hall–Kier alpha value is -2.64. The van der Waals surface area contributed by atoms with E-state index < -0.39 is 5.97 Å². The second-order valence-corrected chi connectivity index (χ2v) is 8.50. The van der Waals surface area contributed by atoms with E-state index in [-0.39, 0.29) is 29.8 Å². The molecule has 1 aromatic heterocycles. The van der Waals surface area contributed by atoms with E-state index in [4.69, 9.17) is 14.6 Å². The highest BCUT2D eigenvalue weighted by Crippen LogP contribution is 2.42. The molecular weight excluding hydrogens is 422 g/mol. The highest BCUT2D eigenvalue weighted by molar-refractivity contribution is 5.78. The Morgan fingerprint density at radius 2 is 1.84 bits per heavy atom. The minimum Gasteiger partial charge on any atom is -0.481 e. The molecule has 2 unspecified atom stereocenters. The zero-order chi connectivity index (χ0) is 23.1. The molecule has 0 spiro atoms. The third-order valence-corrected chi connectivity index (χ3v) is 6.17. The Balaban J connectivity index is 0.000000668. The fourth-order valence-electron chi connectivity index (χ4n) is 4.58. The molecular formula is C19H31N7O6. The minimum atomic E-state index is -0.833. The number of tetrazole rings is 1. The second-order valence-electron chi connectivity index (χ2n) is 8.50. The van der Waals surface area contributed by atoms with Crippen LogP contribution in [-0.4, -0.2) is 129 Å². The molecule has 32 heavy (non-hydrogen) atoms. The second kappa shape index (κ2) is 10.8. The van der Waals surface area contributed by atoms with Gasteiger partial charge >= 0.3 is 0 Å². The number of carboxylic acid groups (broad SMARTS) is 1. The summed E-state index contributed by atoms with van der Waals surface area (Å²) in [4.78, 5) is 39.9. The average molecular weight is 454 g/mol. The summed E-state index contributed by atoms with van der Waals surface area (Å²) in [6.45, 7) is 6.92. The smallest absolute Gasteiger partial charge is 0.300 e. The third kappa shape index (κ3) is 5.99. The SMILES string of the molecule is CC(=O)O.O=C(CN1CC2CN(C(=O)CCn3cnnn3)CC2(CO)C1)N1CCOCC1. The number of aliphatic carboxylic acids is 1. The van der Waals surface area contributed by atoms with Crippen molar-refractivity contribution in [2.75, 3.05) is 65.6 Å². The van der Waals surface area contributed by atoms with Gasteiger partial charge in [-0.05, 0) is 16.3 Å². The summed E-state index contributed by atoms with van der Waals surface area (Å²) in [5.41, 5.74) is -0.338. The van der Waals surface area contributed by atoms with E-state index in [0.717, 1.165) is 13.5 Å². The topological polar surface area (TPSA) is 154 Å². The van der Waals surface area contributed by atoms with Gasteiger partial charge in [0.25, 0.3) is 5.97 Å². The highest BCUT2D eigenvalue weighted by atomic mass is 16.5. The number of fused-ring (bicyclic) bond motifs is 1. The van der Waals surface area contributed by atoms with Crippen molar-refractivity contribution in [3.63, 3.8) is 0 Å². The first-order valence-electron chi connectivity index (χ1n) is 10.7. The van der Waals surface area contributed by atoms with Gasteiger partial charge in [-0.3, -0.25) is 19.3 Å². The van der Waals surface area contributed by atoms with E-state index in [1.165, 1.54) is 11.0 Å². The van der Waals surface area contributed by atoms with Crippen molar-refractivity contribution in [1.29, 1.82) is 0 Å². The number of hydrogen-bond donors (Lipinski definition) is 2. The molecule has 3 aliphatic rings. The molecule has 2 N–H and O–H groups in total. The maximum atomic E-state index is 12.6. The van der Waals surface area contributed by atoms with E-state index in [1.54, 1.807) is 0 Å². The van der Waals surface area contributed by atoms with Crippen LogP contribution in [0, 0.1) is 11.3 Å². The molecule has 0 aliphatic carbocycles. The van der Waals surface area contributed by atoms with E-state index in [1.807, 2.05) is 9.80 Å². The largest absolute Gasteiger partial charge is 0.481 e. The van der Waals surface area contributed by atoms with Crippen LogP contribution in [0.4, 0.5) is 0 Å². The van der Waals surface area contributed by atoms with Gasteiger partial charge in [0, 0.05) is 58.0 Å². The predicted octanol–water partition coefficient (Wildman–Crippen LogP) is -2.23. The standard InChI is InChI=1S/C17H27N7O4.C2H4O2/c25-12-17-10-21(9-16(27)22-3-5-28-6-4-22)7-14(17)8-23(11-17)15(26)1-2-24-13-18-19-20-24;1-2(3)4/h13-14,25H,1-12H2;1H3,(H,3,4). The lowest BCUT2D eigenvalue weighted by Crippen LogP contribution is -2.46. The van der Waals surface area contributed by atoms with Crippen LogP contribution < -0.4 is 0 Å². The van der Waals surface area contributed by atoms with Crippen LogP contribution in [-0.2, 0) is 25.7 Å². The van der Waals surface area contributed by atoms with Crippen molar-refractivity contribution in [2.24, 2.45) is 11.3 Å². The quantitative estimate of drug-likeness (QED) is 0.483. The Bertz CT molecular complexity index is 781. The minimum absolute atomic E-state index is 0.0245. The molecule has 178 valence electrons. The Morgan fingerprint density at radius 3 is 2.44 bits per heavy atom. The fourth-order valence-corrected chi connectivity index (χ4v) is 4.58. The van der Waals surface area contributed by atoms with Gasteiger partial charge in [-0.15, -0.1) is 5.10 Å². The average Bonchev–Trinajstić information content (AvgIpc) is 3.47. The van der Waals surface area contributed by atoms with Crippen LogP contribution in [0.2, 0.25) is 0 Å². The van der Waals surface area contributed by atoms with Crippen LogP contribution in [0.5, 0.6) is 0 Å². The lowest BCUT2D eigenvalue weighted by Gasteiger charge is -2.30. The molecule has 1 aromatic rings. The molecule has 0 saturated carbocycles. The number of carbonyl (C=O) groups is 3. The van der Waals surface area contributed by atoms with Crippen LogP contribution >= 0.6 is 0 Å². The number of aliphatic hydroxyl groups is 1. The monoisotopic (exact) mass is 453 g/mol. The van der Waals surface area contributed by atoms with Crippen LogP contribution in [0.1, 0.15) is 13.3 Å². The van der Waals surface area contributed by atoms with Crippen LogP contribution in [0.15, 0.2) is 6.33 Å². The highest BCUT2D eigenvalue weighted by Gasteiger charge is 2.53. The summed E-state index contributed by atoms with van der Waals surface area (Å²) < 4.78 is 6.84. The Kier molecular flexibility index (Phi) is 8.10. The van der Waals surface area contributed by atoms with Gasteiger partial charge in [0.1, 0.15) is 6.33 Å². The Labute approximate surface area is 185 Å². The number of amides is 2. The van der Waals surface area contributed by atoms with E-state index in [2.05, 4.69) is 20.4 Å². The number of likely N-dealkylation sites (tertiary alicyclic amines) is 2. The first-order valence-corrected chi connectivity index (χ1v) is 10.7. The molecule has 2 amide bonds. The van der Waals surface area contributed by atoms with E-state index in [0.29, 0.717) is 65.4 Å². The summed E-state index contributed by atoms with van der Waals surface area (Å²) in [5, 5.41) is 28.4. The third-order valence-electron chi connectivity index (χ3n) is 6.17. The summed E-state index contributed by atoms with van der Waals surface area (Å²) in [7, 11) is 0. The number of hydrogen-bond acceptors (Lipinski definition) is 9. The molecule has 3 saturated heterocycles. The number of morpholine rings is 1. The van der Waals surface area contributed by atoms with Gasteiger partial charge in [-0.1, -0.05) is 0 Å². The van der Waals surface area contributed by atoms with Gasteiger partial charge in [-0.25, -0.2) is 4.68 Å². The molecule has 13 heteroatoms. The van der Waals surface area contributed by atoms with Gasteiger partial charge < -0.3 is 24.7 Å². The van der Waals surface area contributed by atoms with Crippen molar-refractivity contribution >= 4 is 17.8 Å². The first-order chi connectivity index (χ1) is 15.3. The molecule has 4 rings (SSSR count). The van der Waals surface area contributed by atoms with Crippen molar-refractivity contribution < 1.29 is 29.3 Å². The number of carboxylic acids is 1. The van der Waals surface area contributed by atoms with Gasteiger partial charge in [0.2, 0.25) is 11.8 Å². The normalized spacial score (nSPS) is 25.2. The summed E-state index contributed by atoms with van der Waals surface area (Å²) in [6, 6.07) is 0. The first kappa shape index (κ1) is 24.0. The lowest BCUT2D eigenvalue weighted by molar-refractivity contribution is -0.137. The number of rotatable bonds is 6. The van der Waals surface area contributed by atoms with Crippen molar-refractivity contribution in [1.82, 2.24) is 34.9 Å². The Morgan fingerprint density at radius 1 is 1.12 bits per heavy atom. The molecule has 0 aromatic carbocycles. The fraction of sp³-hybridized carbons (Fsp3) is 0.789. The van der Waals surface area contributed by atoms with E-state index in [9.17, 15) is 14.7 Å². The molecule has 2 atom stereocenters. The molecule has 3 fully saturated rings. The molecule has 13 nitrogen and oxygen atoms in total. The lowest BCUT2D eigenvalue weighted by atomic mass is 9.82. The number of aryl methyl sites for hydroxylation is 1. The molecule has 0 radical (unpaired) electrons. The van der Waals surface area contributed by atoms with Gasteiger partial charge in [0.05, 0.1) is 32.9 Å². The maximum Gasteiger partial charge on any atom is 0.300 e. The number of carbonyl (C=O) groups excluding carboxylic acids is 2.